The first-order valence-electron chi connectivity index (χ1n) is 9.70. The summed E-state index contributed by atoms with van der Waals surface area (Å²) in [6.45, 7) is -0.384. The van der Waals surface area contributed by atoms with Crippen LogP contribution in [0.25, 0.3) is 0 Å². The van der Waals surface area contributed by atoms with Gasteiger partial charge in [0.2, 0.25) is 6.29 Å². The summed E-state index contributed by atoms with van der Waals surface area (Å²) in [5, 5.41) is 30.7. The highest BCUT2D eigenvalue weighted by Gasteiger charge is 2.45. The standard InChI is InChI=1S/C22H26O9/c1-27-15-9-7-13(8-10-15)11-14-5-3-4-6-16(14)30-21-20(25)19(24)18(23)17(31-21)12-29-22(26)28-2/h3-10,17-21,23-25H,11-12H2,1-2H3/t17-,18-,19+,20-,21+/m1/s1. The predicted molar refractivity (Wildman–Crippen MR) is 108 cm³/mol. The van der Waals surface area contributed by atoms with Crippen LogP contribution >= 0.6 is 0 Å². The smallest absolute Gasteiger partial charge is 0.497 e. The van der Waals surface area contributed by atoms with Crippen molar-refractivity contribution in [2.24, 2.45) is 0 Å². The average molecular weight is 434 g/mol. The molecule has 0 aromatic heterocycles. The zero-order chi connectivity index (χ0) is 22.4. The largest absolute Gasteiger partial charge is 0.508 e. The third-order valence-electron chi connectivity index (χ3n) is 4.97. The molecule has 1 saturated heterocycles. The normalized spacial score (nSPS) is 25.5. The molecule has 31 heavy (non-hydrogen) atoms. The molecule has 0 saturated carbocycles. The molecule has 2 aromatic rings. The molecule has 0 bridgehead atoms. The molecule has 0 aliphatic carbocycles. The lowest BCUT2D eigenvalue weighted by Gasteiger charge is -2.40. The maximum absolute atomic E-state index is 11.2. The Morgan fingerprint density at radius 1 is 0.968 bits per heavy atom. The van der Waals surface area contributed by atoms with Gasteiger partial charge in [-0.2, -0.15) is 0 Å². The number of rotatable bonds is 7. The Bertz CT molecular complexity index is 854. The molecular weight excluding hydrogens is 408 g/mol. The van der Waals surface area contributed by atoms with E-state index >= 15 is 0 Å². The minimum Gasteiger partial charge on any atom is -0.497 e. The topological polar surface area (TPSA) is 124 Å². The van der Waals surface area contributed by atoms with Gasteiger partial charge < -0.3 is 39.0 Å². The van der Waals surface area contributed by atoms with Gasteiger partial charge in [0, 0.05) is 6.42 Å². The molecule has 2 aromatic carbocycles. The van der Waals surface area contributed by atoms with Crippen molar-refractivity contribution in [1.29, 1.82) is 0 Å². The van der Waals surface area contributed by atoms with Crippen LogP contribution in [0.1, 0.15) is 11.1 Å². The van der Waals surface area contributed by atoms with Gasteiger partial charge in [0.05, 0.1) is 14.2 Å². The molecule has 0 unspecified atom stereocenters. The van der Waals surface area contributed by atoms with E-state index < -0.39 is 36.9 Å². The summed E-state index contributed by atoms with van der Waals surface area (Å²) < 4.78 is 25.8. The number of para-hydroxylation sites is 1. The second-order valence-electron chi connectivity index (χ2n) is 7.03. The number of carbonyl (C=O) groups is 1. The quantitative estimate of drug-likeness (QED) is 0.553. The van der Waals surface area contributed by atoms with Crippen molar-refractivity contribution in [2.45, 2.75) is 37.1 Å². The summed E-state index contributed by atoms with van der Waals surface area (Å²) in [7, 11) is 2.74. The minimum atomic E-state index is -1.56. The molecule has 0 radical (unpaired) electrons. The van der Waals surface area contributed by atoms with Gasteiger partial charge in [-0.1, -0.05) is 30.3 Å². The lowest BCUT2D eigenvalue weighted by Crippen LogP contribution is -2.60. The van der Waals surface area contributed by atoms with Crippen molar-refractivity contribution in [2.75, 3.05) is 20.8 Å². The molecule has 0 spiro atoms. The minimum absolute atomic E-state index is 0.384. The summed E-state index contributed by atoms with van der Waals surface area (Å²) in [4.78, 5) is 11.2. The van der Waals surface area contributed by atoms with Crippen LogP contribution in [0.2, 0.25) is 0 Å². The predicted octanol–water partition coefficient (Wildman–Crippen LogP) is 1.26. The van der Waals surface area contributed by atoms with E-state index in [0.29, 0.717) is 12.2 Å². The fraction of sp³-hybridized carbons (Fsp3) is 0.409. The molecule has 1 heterocycles. The van der Waals surface area contributed by atoms with E-state index in [2.05, 4.69) is 4.74 Å². The van der Waals surface area contributed by atoms with Crippen LogP contribution < -0.4 is 9.47 Å². The third-order valence-corrected chi connectivity index (χ3v) is 4.97. The molecule has 3 N–H and O–H groups in total. The summed E-state index contributed by atoms with van der Waals surface area (Å²) in [6, 6.07) is 14.8. The van der Waals surface area contributed by atoms with Crippen LogP contribution in [-0.2, 0) is 20.6 Å². The molecule has 9 heteroatoms. The van der Waals surface area contributed by atoms with E-state index in [1.54, 1.807) is 19.2 Å². The Kier molecular flexibility index (Phi) is 7.69. The van der Waals surface area contributed by atoms with Gasteiger partial charge in [0.25, 0.3) is 0 Å². The lowest BCUT2D eigenvalue weighted by atomic mass is 9.99. The van der Waals surface area contributed by atoms with E-state index in [4.69, 9.17) is 18.9 Å². The molecule has 0 amide bonds. The van der Waals surface area contributed by atoms with Gasteiger partial charge in [-0.15, -0.1) is 0 Å². The molecule has 9 nitrogen and oxygen atoms in total. The number of hydrogen-bond donors (Lipinski definition) is 3. The number of aliphatic hydroxyl groups excluding tert-OH is 3. The van der Waals surface area contributed by atoms with Crippen LogP contribution in [0.3, 0.4) is 0 Å². The van der Waals surface area contributed by atoms with Crippen molar-refractivity contribution in [3.63, 3.8) is 0 Å². The summed E-state index contributed by atoms with van der Waals surface area (Å²) >= 11 is 0. The van der Waals surface area contributed by atoms with E-state index in [1.807, 2.05) is 36.4 Å². The number of aliphatic hydroxyl groups is 3. The van der Waals surface area contributed by atoms with E-state index in [9.17, 15) is 20.1 Å². The molecule has 168 valence electrons. The zero-order valence-corrected chi connectivity index (χ0v) is 17.2. The Hall–Kier alpha value is -2.85. The lowest BCUT2D eigenvalue weighted by molar-refractivity contribution is -0.277. The Balaban J connectivity index is 1.73. The summed E-state index contributed by atoms with van der Waals surface area (Å²) in [5.74, 6) is 1.19. The molecule has 1 aliphatic heterocycles. The molecular formula is C22H26O9. The second-order valence-corrected chi connectivity index (χ2v) is 7.03. The maximum atomic E-state index is 11.2. The monoisotopic (exact) mass is 434 g/mol. The van der Waals surface area contributed by atoms with Crippen molar-refractivity contribution in [1.82, 2.24) is 0 Å². The molecule has 3 rings (SSSR count). The fourth-order valence-corrected chi connectivity index (χ4v) is 3.21. The number of methoxy groups -OCH3 is 2. The van der Waals surface area contributed by atoms with Gasteiger partial charge in [-0.05, 0) is 29.3 Å². The van der Waals surface area contributed by atoms with Gasteiger partial charge >= 0.3 is 6.16 Å². The van der Waals surface area contributed by atoms with Crippen molar-refractivity contribution >= 4 is 6.16 Å². The highest BCUT2D eigenvalue weighted by molar-refractivity contribution is 5.59. The Morgan fingerprint density at radius 2 is 1.68 bits per heavy atom. The van der Waals surface area contributed by atoms with Crippen molar-refractivity contribution < 1.29 is 43.8 Å². The number of benzene rings is 2. The van der Waals surface area contributed by atoms with Crippen LogP contribution in [0.4, 0.5) is 4.79 Å². The Labute approximate surface area is 179 Å². The van der Waals surface area contributed by atoms with Gasteiger partial charge in [-0.3, -0.25) is 0 Å². The number of ether oxygens (including phenoxy) is 5. The summed E-state index contributed by atoms with van der Waals surface area (Å²) in [5.41, 5.74) is 1.84. The number of carbonyl (C=O) groups excluding carboxylic acids is 1. The van der Waals surface area contributed by atoms with Gasteiger partial charge in [-0.25, -0.2) is 4.79 Å². The Morgan fingerprint density at radius 3 is 2.35 bits per heavy atom. The second kappa shape index (κ2) is 10.5. The van der Waals surface area contributed by atoms with Gasteiger partial charge in [0.15, 0.2) is 0 Å². The fourth-order valence-electron chi connectivity index (χ4n) is 3.21. The van der Waals surface area contributed by atoms with E-state index in [-0.39, 0.29) is 6.61 Å². The average Bonchev–Trinajstić information content (AvgIpc) is 2.80. The molecule has 1 fully saturated rings. The van der Waals surface area contributed by atoms with E-state index in [1.165, 1.54) is 0 Å². The van der Waals surface area contributed by atoms with Gasteiger partial charge in [0.1, 0.15) is 42.5 Å². The molecule has 5 atom stereocenters. The van der Waals surface area contributed by atoms with Crippen molar-refractivity contribution in [3.05, 3.63) is 59.7 Å². The highest BCUT2D eigenvalue weighted by Crippen LogP contribution is 2.28. The summed E-state index contributed by atoms with van der Waals surface area (Å²) in [6.07, 6.45) is -7.37. The zero-order valence-electron chi connectivity index (χ0n) is 17.2. The van der Waals surface area contributed by atoms with Crippen LogP contribution in [0.15, 0.2) is 48.5 Å². The first-order valence-corrected chi connectivity index (χ1v) is 9.70. The SMILES string of the molecule is COC(=O)OC[C@H]1O[C@H](Oc2ccccc2Cc2ccc(OC)cc2)[C@H](O)[C@@H](O)[C@@H]1O. The third kappa shape index (κ3) is 5.65. The van der Waals surface area contributed by atoms with Crippen molar-refractivity contribution in [3.8, 4) is 11.5 Å². The van der Waals surface area contributed by atoms with Crippen LogP contribution in [-0.4, -0.2) is 73.0 Å². The maximum Gasteiger partial charge on any atom is 0.508 e. The number of hydrogen-bond acceptors (Lipinski definition) is 9. The molecule has 1 aliphatic rings. The highest BCUT2D eigenvalue weighted by atomic mass is 16.7. The van der Waals surface area contributed by atoms with Crippen LogP contribution in [0.5, 0.6) is 11.5 Å². The van der Waals surface area contributed by atoms with Crippen LogP contribution in [0, 0.1) is 0 Å². The van der Waals surface area contributed by atoms with E-state index in [0.717, 1.165) is 24.0 Å². The first-order chi connectivity index (χ1) is 14.9. The first kappa shape index (κ1) is 22.8.